The molecule has 0 rings (SSSR count). The van der Waals surface area contributed by atoms with Crippen molar-refractivity contribution in [3.8, 4) is 0 Å². The number of carboxylic acid groups (broad SMARTS) is 2. The summed E-state index contributed by atoms with van der Waals surface area (Å²) < 4.78 is 0. The van der Waals surface area contributed by atoms with Crippen LogP contribution in [0.25, 0.3) is 0 Å². The van der Waals surface area contributed by atoms with Crippen LogP contribution in [0.1, 0.15) is 214 Å². The number of carboxylic acids is 2. The highest BCUT2D eigenvalue weighted by molar-refractivity contribution is 5.74. The van der Waals surface area contributed by atoms with Gasteiger partial charge >= 0.3 is 11.9 Å². The predicted octanol–water partition coefficient (Wildman–Crippen LogP) is 12.8. The third kappa shape index (κ3) is 26.6. The quantitative estimate of drug-likeness (QED) is 0.0741. The molecular weight excluding hydrogens is 520 g/mol. The first-order chi connectivity index (χ1) is 20.2. The summed E-state index contributed by atoms with van der Waals surface area (Å²) in [5, 5.41) is 19.4. The highest BCUT2D eigenvalue weighted by Crippen LogP contribution is 2.37. The highest BCUT2D eigenvalue weighted by atomic mass is 16.4. The van der Waals surface area contributed by atoms with Gasteiger partial charge in [0, 0.05) is 6.42 Å². The average Bonchev–Trinajstić information content (AvgIpc) is 2.92. The molecule has 2 N–H and O–H groups in total. The molecular formula is C38H74O4. The average molecular weight is 595 g/mol. The Morgan fingerprint density at radius 1 is 0.429 bits per heavy atom. The van der Waals surface area contributed by atoms with E-state index in [0.717, 1.165) is 37.5 Å². The molecule has 0 amide bonds. The third-order valence-corrected chi connectivity index (χ3v) is 9.37. The van der Waals surface area contributed by atoms with Crippen molar-refractivity contribution >= 4 is 11.9 Å². The van der Waals surface area contributed by atoms with Gasteiger partial charge in [0.05, 0.1) is 5.41 Å². The van der Waals surface area contributed by atoms with Gasteiger partial charge in [-0.15, -0.1) is 0 Å². The third-order valence-electron chi connectivity index (χ3n) is 9.37. The number of rotatable bonds is 33. The van der Waals surface area contributed by atoms with Crippen molar-refractivity contribution in [1.82, 2.24) is 0 Å². The summed E-state index contributed by atoms with van der Waals surface area (Å²) in [6.07, 6.45) is 33.2. The lowest BCUT2D eigenvalue weighted by Crippen LogP contribution is -2.31. The van der Waals surface area contributed by atoms with Crippen molar-refractivity contribution in [1.29, 1.82) is 0 Å². The van der Waals surface area contributed by atoms with Gasteiger partial charge in [-0.3, -0.25) is 9.59 Å². The van der Waals surface area contributed by atoms with Crippen molar-refractivity contribution in [3.63, 3.8) is 0 Å². The van der Waals surface area contributed by atoms with E-state index in [1.165, 1.54) is 128 Å². The van der Waals surface area contributed by atoms with Gasteiger partial charge in [-0.05, 0) is 37.5 Å². The molecule has 4 heteroatoms. The van der Waals surface area contributed by atoms with E-state index in [1.807, 2.05) is 0 Å². The summed E-state index contributed by atoms with van der Waals surface area (Å²) >= 11 is 0. The zero-order valence-corrected chi connectivity index (χ0v) is 28.9. The van der Waals surface area contributed by atoms with Gasteiger partial charge in [0.25, 0.3) is 0 Å². The molecule has 0 unspecified atom stereocenters. The van der Waals surface area contributed by atoms with Crippen molar-refractivity contribution < 1.29 is 19.8 Å². The summed E-state index contributed by atoms with van der Waals surface area (Å²) in [5.74, 6) is 0.146. The van der Waals surface area contributed by atoms with E-state index >= 15 is 0 Å². The Bertz CT molecular complexity index is 578. The van der Waals surface area contributed by atoms with Gasteiger partial charge < -0.3 is 10.2 Å². The van der Waals surface area contributed by atoms with Gasteiger partial charge in [-0.25, -0.2) is 0 Å². The molecule has 0 aliphatic rings. The van der Waals surface area contributed by atoms with Crippen LogP contribution >= 0.6 is 0 Å². The Morgan fingerprint density at radius 3 is 0.952 bits per heavy atom. The zero-order chi connectivity index (χ0) is 31.3. The number of hydrogen-bond acceptors (Lipinski definition) is 2. The van der Waals surface area contributed by atoms with Crippen molar-refractivity contribution in [2.45, 2.75) is 214 Å². The first-order valence-electron chi connectivity index (χ1n) is 18.6. The molecule has 0 aromatic heterocycles. The van der Waals surface area contributed by atoms with Crippen LogP contribution in [0, 0.1) is 17.3 Å². The number of aliphatic carboxylic acids is 2. The molecule has 0 bridgehead atoms. The van der Waals surface area contributed by atoms with Crippen LogP contribution in [0.2, 0.25) is 0 Å². The lowest BCUT2D eigenvalue weighted by atomic mass is 9.74. The largest absolute Gasteiger partial charge is 0.481 e. The monoisotopic (exact) mass is 595 g/mol. The SMILES string of the molecule is CC(C)CCCCCCCCCCCCCC(CCCCCCCCCCCCCC(C)C)(CCCC(=O)O)C(=O)O. The molecule has 0 aromatic carbocycles. The molecule has 0 aromatic rings. The van der Waals surface area contributed by atoms with E-state index in [2.05, 4.69) is 27.7 Å². The molecule has 0 radical (unpaired) electrons. The lowest BCUT2D eigenvalue weighted by molar-refractivity contribution is -0.151. The molecule has 250 valence electrons. The number of hydrogen-bond donors (Lipinski definition) is 2. The zero-order valence-electron chi connectivity index (χ0n) is 28.9. The summed E-state index contributed by atoms with van der Waals surface area (Å²) in [6, 6.07) is 0. The summed E-state index contributed by atoms with van der Waals surface area (Å²) in [7, 11) is 0. The number of carbonyl (C=O) groups is 2. The van der Waals surface area contributed by atoms with E-state index in [0.29, 0.717) is 25.7 Å². The normalized spacial score (nSPS) is 12.0. The fourth-order valence-electron chi connectivity index (χ4n) is 6.49. The first kappa shape index (κ1) is 40.9. The van der Waals surface area contributed by atoms with Gasteiger partial charge in [0.15, 0.2) is 0 Å². The minimum Gasteiger partial charge on any atom is -0.481 e. The Hall–Kier alpha value is -1.06. The summed E-state index contributed by atoms with van der Waals surface area (Å²) in [4.78, 5) is 23.6. The molecule has 4 nitrogen and oxygen atoms in total. The maximum atomic E-state index is 12.5. The smallest absolute Gasteiger partial charge is 0.309 e. The second-order valence-corrected chi connectivity index (χ2v) is 14.5. The fraction of sp³-hybridized carbons (Fsp3) is 0.947. The molecule has 0 aliphatic carbocycles. The van der Waals surface area contributed by atoms with Crippen LogP contribution in [-0.4, -0.2) is 22.2 Å². The maximum absolute atomic E-state index is 12.5. The minimum absolute atomic E-state index is 0.0739. The van der Waals surface area contributed by atoms with Gasteiger partial charge in [0.1, 0.15) is 0 Å². The van der Waals surface area contributed by atoms with E-state index in [-0.39, 0.29) is 6.42 Å². The van der Waals surface area contributed by atoms with Crippen LogP contribution in [-0.2, 0) is 9.59 Å². The Kier molecular flexibility index (Phi) is 28.0. The lowest BCUT2D eigenvalue weighted by Gasteiger charge is -2.30. The van der Waals surface area contributed by atoms with E-state index < -0.39 is 17.4 Å². The first-order valence-corrected chi connectivity index (χ1v) is 18.6. The van der Waals surface area contributed by atoms with Crippen molar-refractivity contribution in [2.75, 3.05) is 0 Å². The predicted molar refractivity (Wildman–Crippen MR) is 181 cm³/mol. The standard InChI is InChI=1S/C38H74O4/c1-34(2)28-23-19-15-11-7-5-9-13-17-21-25-31-38(37(41)42,33-27-30-36(39)40)32-26-22-18-14-10-6-8-12-16-20-24-29-35(3)4/h34-35H,5-33H2,1-4H3,(H,39,40)(H,41,42). The minimum atomic E-state index is -0.819. The van der Waals surface area contributed by atoms with Crippen LogP contribution in [0.5, 0.6) is 0 Å². The fourth-order valence-corrected chi connectivity index (χ4v) is 6.49. The summed E-state index contributed by atoms with van der Waals surface area (Å²) in [6.45, 7) is 9.23. The molecule has 0 atom stereocenters. The van der Waals surface area contributed by atoms with Crippen LogP contribution in [0.15, 0.2) is 0 Å². The molecule has 0 saturated carbocycles. The number of unbranched alkanes of at least 4 members (excludes halogenated alkanes) is 20. The van der Waals surface area contributed by atoms with Crippen molar-refractivity contribution in [2.24, 2.45) is 17.3 Å². The second kappa shape index (κ2) is 28.7. The molecule has 42 heavy (non-hydrogen) atoms. The highest BCUT2D eigenvalue weighted by Gasteiger charge is 2.36. The van der Waals surface area contributed by atoms with E-state index in [4.69, 9.17) is 5.11 Å². The second-order valence-electron chi connectivity index (χ2n) is 14.5. The maximum Gasteiger partial charge on any atom is 0.309 e. The van der Waals surface area contributed by atoms with Gasteiger partial charge in [-0.2, -0.15) is 0 Å². The van der Waals surface area contributed by atoms with Crippen LogP contribution < -0.4 is 0 Å². The van der Waals surface area contributed by atoms with Gasteiger partial charge in [0.2, 0.25) is 0 Å². The molecule has 0 fully saturated rings. The van der Waals surface area contributed by atoms with E-state index in [1.54, 1.807) is 0 Å². The molecule has 0 aliphatic heterocycles. The topological polar surface area (TPSA) is 74.6 Å². The Balaban J connectivity index is 4.13. The van der Waals surface area contributed by atoms with Crippen LogP contribution in [0.4, 0.5) is 0 Å². The van der Waals surface area contributed by atoms with E-state index in [9.17, 15) is 14.7 Å². The van der Waals surface area contributed by atoms with Crippen molar-refractivity contribution in [3.05, 3.63) is 0 Å². The Morgan fingerprint density at radius 2 is 0.690 bits per heavy atom. The molecule has 0 spiro atoms. The summed E-state index contributed by atoms with van der Waals surface area (Å²) in [5.41, 5.74) is -0.736. The Labute approximate surface area is 262 Å². The molecule has 0 saturated heterocycles. The van der Waals surface area contributed by atoms with Crippen LogP contribution in [0.3, 0.4) is 0 Å². The molecule has 0 heterocycles. The van der Waals surface area contributed by atoms with Gasteiger partial charge in [-0.1, -0.05) is 182 Å².